The first kappa shape index (κ1) is 20.0. The third kappa shape index (κ3) is 2.50. The molecule has 0 amide bonds. The van der Waals surface area contributed by atoms with Crippen LogP contribution in [0, 0.1) is 5.92 Å². The van der Waals surface area contributed by atoms with Crippen molar-refractivity contribution in [3.63, 3.8) is 0 Å². The molecular weight excluding hydrogens is 434 g/mol. The number of allylic oxidation sites excluding steroid dienone is 1. The number of hydrogen-bond acceptors (Lipinski definition) is 3. The van der Waals surface area contributed by atoms with Gasteiger partial charge < -0.3 is 4.74 Å². The summed E-state index contributed by atoms with van der Waals surface area (Å²) >= 11 is 0. The van der Waals surface area contributed by atoms with E-state index < -0.39 is 26.3 Å². The maximum absolute atomic E-state index is 13.3. The number of cyclic esters (lactones) is 2. The van der Waals surface area contributed by atoms with Gasteiger partial charge in [0.25, 0.3) is 0 Å². The fourth-order valence-corrected chi connectivity index (χ4v) is 17.3. The molecule has 32 heavy (non-hydrogen) atoms. The molecular formula is C27H22O3P2. The summed E-state index contributed by atoms with van der Waals surface area (Å²) in [4.78, 5) is 26.3. The van der Waals surface area contributed by atoms with Crippen LogP contribution in [0.25, 0.3) is 10.9 Å². The highest BCUT2D eigenvalue weighted by atomic mass is 32.1. The fourth-order valence-electron chi connectivity index (χ4n) is 5.85. The van der Waals surface area contributed by atoms with Gasteiger partial charge in [-0.25, -0.2) is 0 Å². The van der Waals surface area contributed by atoms with Crippen LogP contribution < -0.4 is 0 Å². The molecule has 0 saturated carbocycles. The van der Waals surface area contributed by atoms with Crippen LogP contribution in [0.3, 0.4) is 0 Å². The van der Waals surface area contributed by atoms with E-state index in [-0.39, 0.29) is 17.6 Å². The highest BCUT2D eigenvalue weighted by Crippen LogP contribution is 3.00. The zero-order valence-electron chi connectivity index (χ0n) is 17.6. The summed E-state index contributed by atoms with van der Waals surface area (Å²) in [6.45, 7) is 2.23. The van der Waals surface area contributed by atoms with E-state index in [9.17, 15) is 9.59 Å². The SMILES string of the molecule is CCP1P2C(c3ccccc3)=C(c3ccccc3)[C@@]1(c1ccccc1)[C@H]1C(=O)OC(=O)[C@H]12. The predicted molar refractivity (Wildman–Crippen MR) is 131 cm³/mol. The van der Waals surface area contributed by atoms with Gasteiger partial charge in [0.05, 0.1) is 11.1 Å². The molecule has 3 nitrogen and oxygen atoms in total. The molecule has 0 spiro atoms. The lowest BCUT2D eigenvalue weighted by Gasteiger charge is -2.39. The molecule has 6 rings (SSSR count). The second kappa shape index (κ2) is 7.48. The van der Waals surface area contributed by atoms with Gasteiger partial charge >= 0.3 is 11.9 Å². The molecule has 3 aliphatic rings. The van der Waals surface area contributed by atoms with Crippen molar-refractivity contribution in [1.82, 2.24) is 0 Å². The van der Waals surface area contributed by atoms with E-state index in [1.807, 2.05) is 30.3 Å². The van der Waals surface area contributed by atoms with Gasteiger partial charge in [-0.05, 0) is 41.3 Å². The summed E-state index contributed by atoms with van der Waals surface area (Å²) in [6.07, 6.45) is 0.968. The number of carbonyl (C=O) groups excluding carboxylic acids is 2. The number of carbonyl (C=O) groups is 2. The highest BCUT2D eigenvalue weighted by molar-refractivity contribution is 8.36. The van der Waals surface area contributed by atoms with Crippen molar-refractivity contribution >= 4 is 38.0 Å². The van der Waals surface area contributed by atoms with Crippen LogP contribution in [0.1, 0.15) is 23.6 Å². The number of ether oxygens (including phenoxy) is 1. The molecule has 3 aromatic carbocycles. The van der Waals surface area contributed by atoms with Crippen LogP contribution in [-0.2, 0) is 19.5 Å². The zero-order chi connectivity index (χ0) is 21.9. The van der Waals surface area contributed by atoms with Gasteiger partial charge in [0.15, 0.2) is 0 Å². The molecule has 0 radical (unpaired) electrons. The fraction of sp³-hybridized carbons (Fsp3) is 0.185. The van der Waals surface area contributed by atoms with Crippen molar-refractivity contribution < 1.29 is 14.3 Å². The van der Waals surface area contributed by atoms with E-state index in [4.69, 9.17) is 4.74 Å². The summed E-state index contributed by atoms with van der Waals surface area (Å²) in [5, 5.41) is 0.786. The number of hydrogen-bond donors (Lipinski definition) is 0. The van der Waals surface area contributed by atoms with Crippen LogP contribution in [0.2, 0.25) is 0 Å². The normalized spacial score (nSPS) is 30.5. The summed E-state index contributed by atoms with van der Waals surface area (Å²) in [5.74, 6) is -1.09. The summed E-state index contributed by atoms with van der Waals surface area (Å²) in [5.41, 5.74) is 4.35. The number of esters is 2. The minimum Gasteiger partial charge on any atom is -0.392 e. The summed E-state index contributed by atoms with van der Waals surface area (Å²) in [6, 6.07) is 31.3. The van der Waals surface area contributed by atoms with Gasteiger partial charge in [-0.3, -0.25) is 9.59 Å². The quantitative estimate of drug-likeness (QED) is 0.258. The lowest BCUT2D eigenvalue weighted by atomic mass is 9.74. The Kier molecular flexibility index (Phi) is 4.68. The van der Waals surface area contributed by atoms with Crippen molar-refractivity contribution in [2.75, 3.05) is 6.16 Å². The third-order valence-corrected chi connectivity index (χ3v) is 16.2. The Morgan fingerprint density at radius 3 is 1.94 bits per heavy atom. The molecule has 2 saturated heterocycles. The van der Waals surface area contributed by atoms with Gasteiger partial charge in [0, 0.05) is 0 Å². The molecule has 2 unspecified atom stereocenters. The van der Waals surface area contributed by atoms with Gasteiger partial charge in [0.2, 0.25) is 0 Å². The second-order valence-electron chi connectivity index (χ2n) is 8.31. The van der Waals surface area contributed by atoms with Crippen LogP contribution in [0.15, 0.2) is 91.0 Å². The molecule has 2 bridgehead atoms. The van der Waals surface area contributed by atoms with E-state index in [1.165, 1.54) is 16.5 Å². The predicted octanol–water partition coefficient (Wildman–Crippen LogP) is 6.44. The number of benzene rings is 3. The molecule has 5 heteroatoms. The first-order valence-corrected chi connectivity index (χ1v) is 14.6. The number of fused-ring (bicyclic) bond motifs is 5. The van der Waals surface area contributed by atoms with Gasteiger partial charge in [-0.2, -0.15) is 0 Å². The van der Waals surface area contributed by atoms with E-state index in [1.54, 1.807) is 0 Å². The molecule has 0 aromatic heterocycles. The molecule has 0 aliphatic carbocycles. The molecule has 158 valence electrons. The van der Waals surface area contributed by atoms with Crippen LogP contribution >= 0.6 is 15.2 Å². The lowest BCUT2D eigenvalue weighted by molar-refractivity contribution is -0.153. The van der Waals surface area contributed by atoms with E-state index in [0.717, 1.165) is 17.3 Å². The van der Waals surface area contributed by atoms with E-state index in [0.29, 0.717) is 0 Å². The Balaban J connectivity index is 1.77. The Hall–Kier alpha value is -2.60. The standard InChI is InChI=1S/C27H22O3P2/c1-2-31-27(20-16-10-5-11-17-20)21(18-12-6-3-7-13-18)23(19-14-8-4-9-15-19)32(31)24-22(27)25(28)30-26(24)29/h3-17,22,24H,2H2,1H3/t22-,24+,27+,31?,32?/m1/s1. The largest absolute Gasteiger partial charge is 0.392 e. The summed E-state index contributed by atoms with van der Waals surface area (Å²) in [7, 11) is -1.52. The van der Waals surface area contributed by atoms with Crippen molar-refractivity contribution in [1.29, 1.82) is 0 Å². The Labute approximate surface area is 189 Å². The average molecular weight is 456 g/mol. The highest BCUT2D eigenvalue weighted by Gasteiger charge is 2.75. The molecule has 2 fully saturated rings. The van der Waals surface area contributed by atoms with Crippen molar-refractivity contribution in [2.45, 2.75) is 17.7 Å². The summed E-state index contributed by atoms with van der Waals surface area (Å²) < 4.78 is 5.34. The minimum absolute atomic E-state index is 0.314. The van der Waals surface area contributed by atoms with Crippen LogP contribution in [0.5, 0.6) is 0 Å². The molecule has 0 N–H and O–H groups in total. The topological polar surface area (TPSA) is 43.4 Å². The van der Waals surface area contributed by atoms with Gasteiger partial charge in [0.1, 0.15) is 5.66 Å². The van der Waals surface area contributed by atoms with E-state index >= 15 is 0 Å². The molecule has 3 heterocycles. The molecule has 5 atom stereocenters. The smallest absolute Gasteiger partial charge is 0.322 e. The van der Waals surface area contributed by atoms with Gasteiger partial charge in [-0.1, -0.05) is 106 Å². The van der Waals surface area contributed by atoms with Crippen molar-refractivity contribution in [2.24, 2.45) is 5.92 Å². The van der Waals surface area contributed by atoms with E-state index in [2.05, 4.69) is 67.6 Å². The molecule has 3 aromatic rings. The van der Waals surface area contributed by atoms with Crippen molar-refractivity contribution in [3.8, 4) is 0 Å². The zero-order valence-corrected chi connectivity index (χ0v) is 19.4. The maximum Gasteiger partial charge on any atom is 0.322 e. The van der Waals surface area contributed by atoms with Crippen LogP contribution in [-0.4, -0.2) is 23.8 Å². The van der Waals surface area contributed by atoms with Crippen LogP contribution in [0.4, 0.5) is 0 Å². The second-order valence-corrected chi connectivity index (χ2v) is 14.9. The monoisotopic (exact) mass is 456 g/mol. The first-order valence-electron chi connectivity index (χ1n) is 10.9. The Morgan fingerprint density at radius 1 is 0.781 bits per heavy atom. The molecule has 3 aliphatic heterocycles. The third-order valence-electron chi connectivity index (χ3n) is 6.86. The van der Waals surface area contributed by atoms with Crippen molar-refractivity contribution in [3.05, 3.63) is 108 Å². The Bertz CT molecular complexity index is 1240. The first-order chi connectivity index (χ1) is 15.7. The maximum atomic E-state index is 13.3. The number of rotatable bonds is 4. The lowest BCUT2D eigenvalue weighted by Crippen LogP contribution is -2.39. The average Bonchev–Trinajstić information content (AvgIpc) is 3.43. The minimum atomic E-state index is -0.864. The Morgan fingerprint density at radius 2 is 1.34 bits per heavy atom. The van der Waals surface area contributed by atoms with Gasteiger partial charge in [-0.15, -0.1) is 0 Å².